The van der Waals surface area contributed by atoms with Gasteiger partial charge in [-0.15, -0.1) is 0 Å². The molecule has 1 N–H and O–H groups in total. The molecule has 116 valence electrons. The number of rotatable bonds is 3. The first-order chi connectivity index (χ1) is 9.72. The van der Waals surface area contributed by atoms with E-state index < -0.39 is 0 Å². The van der Waals surface area contributed by atoms with Crippen molar-refractivity contribution in [3.05, 3.63) is 0 Å². The number of hydrogen-bond donors (Lipinski definition) is 1. The van der Waals surface area contributed by atoms with Crippen molar-refractivity contribution in [2.45, 2.75) is 69.5 Å². The molecule has 20 heavy (non-hydrogen) atoms. The third kappa shape index (κ3) is 3.55. The van der Waals surface area contributed by atoms with E-state index in [-0.39, 0.29) is 0 Å². The molecule has 2 heterocycles. The highest BCUT2D eigenvalue weighted by Crippen LogP contribution is 2.32. The summed E-state index contributed by atoms with van der Waals surface area (Å²) in [7, 11) is 4.47. The molecular formula is C17H33N3. The van der Waals surface area contributed by atoms with Crippen molar-refractivity contribution in [2.75, 3.05) is 33.7 Å². The van der Waals surface area contributed by atoms with Gasteiger partial charge in [0, 0.05) is 31.2 Å². The Kier molecular flexibility index (Phi) is 5.00. The lowest BCUT2D eigenvalue weighted by Crippen LogP contribution is -2.55. The number of hydrogen-bond acceptors (Lipinski definition) is 3. The Balaban J connectivity index is 1.48. The summed E-state index contributed by atoms with van der Waals surface area (Å²) in [5, 5.41) is 3.99. The molecule has 0 amide bonds. The van der Waals surface area contributed by atoms with Gasteiger partial charge in [0.1, 0.15) is 0 Å². The molecule has 3 heteroatoms. The van der Waals surface area contributed by atoms with Crippen LogP contribution in [0.15, 0.2) is 0 Å². The van der Waals surface area contributed by atoms with Crippen molar-refractivity contribution >= 4 is 0 Å². The van der Waals surface area contributed by atoms with Crippen LogP contribution in [0, 0.1) is 5.92 Å². The standard InChI is InChI=1S/C17H33N3/c1-19(2)16-7-5-11-20(13-16)12-15-10-9-14-6-3-4-8-17(14)18-15/h14-18H,3-13H2,1-2H3. The largest absolute Gasteiger partial charge is 0.310 e. The van der Waals surface area contributed by atoms with Crippen LogP contribution >= 0.6 is 0 Å². The van der Waals surface area contributed by atoms with Crippen molar-refractivity contribution in [1.29, 1.82) is 0 Å². The average Bonchev–Trinajstić information content (AvgIpc) is 2.47. The lowest BCUT2D eigenvalue weighted by molar-refractivity contribution is 0.0997. The van der Waals surface area contributed by atoms with E-state index in [1.807, 2.05) is 0 Å². The van der Waals surface area contributed by atoms with E-state index >= 15 is 0 Å². The minimum atomic E-state index is 0.760. The van der Waals surface area contributed by atoms with E-state index in [0.29, 0.717) is 0 Å². The van der Waals surface area contributed by atoms with Gasteiger partial charge in [0.05, 0.1) is 0 Å². The molecule has 4 unspecified atom stereocenters. The summed E-state index contributed by atoms with van der Waals surface area (Å²) < 4.78 is 0. The summed E-state index contributed by atoms with van der Waals surface area (Å²) in [6.07, 6.45) is 11.5. The van der Waals surface area contributed by atoms with Gasteiger partial charge in [-0.05, 0) is 65.1 Å². The molecule has 3 nitrogen and oxygen atoms in total. The van der Waals surface area contributed by atoms with Crippen LogP contribution in [0.3, 0.4) is 0 Å². The zero-order chi connectivity index (χ0) is 13.9. The van der Waals surface area contributed by atoms with Crippen molar-refractivity contribution in [1.82, 2.24) is 15.1 Å². The van der Waals surface area contributed by atoms with E-state index in [0.717, 1.165) is 24.0 Å². The number of likely N-dealkylation sites (N-methyl/N-ethyl adjacent to an activating group) is 1. The summed E-state index contributed by atoms with van der Waals surface area (Å²) in [6.45, 7) is 3.88. The van der Waals surface area contributed by atoms with Crippen molar-refractivity contribution in [2.24, 2.45) is 5.92 Å². The van der Waals surface area contributed by atoms with Gasteiger partial charge in [0.15, 0.2) is 0 Å². The lowest BCUT2D eigenvalue weighted by atomic mass is 9.77. The number of fused-ring (bicyclic) bond motifs is 1. The Morgan fingerprint density at radius 3 is 2.70 bits per heavy atom. The van der Waals surface area contributed by atoms with Gasteiger partial charge in [0.2, 0.25) is 0 Å². The number of likely N-dealkylation sites (tertiary alicyclic amines) is 1. The first kappa shape index (κ1) is 14.8. The van der Waals surface area contributed by atoms with Crippen LogP contribution < -0.4 is 5.32 Å². The van der Waals surface area contributed by atoms with Crippen LogP contribution in [0.1, 0.15) is 51.4 Å². The highest BCUT2D eigenvalue weighted by Gasteiger charge is 2.33. The van der Waals surface area contributed by atoms with Crippen molar-refractivity contribution < 1.29 is 0 Å². The first-order valence-electron chi connectivity index (χ1n) is 8.87. The van der Waals surface area contributed by atoms with Crippen LogP contribution in [0.25, 0.3) is 0 Å². The summed E-state index contributed by atoms with van der Waals surface area (Å²) in [5.41, 5.74) is 0. The molecule has 3 fully saturated rings. The summed E-state index contributed by atoms with van der Waals surface area (Å²) in [6, 6.07) is 2.38. The highest BCUT2D eigenvalue weighted by atomic mass is 15.2. The normalized spacial score (nSPS) is 39.8. The molecule has 2 saturated heterocycles. The molecule has 0 radical (unpaired) electrons. The first-order valence-corrected chi connectivity index (χ1v) is 8.87. The maximum Gasteiger partial charge on any atom is 0.0217 e. The van der Waals surface area contributed by atoms with Gasteiger partial charge in [-0.2, -0.15) is 0 Å². The van der Waals surface area contributed by atoms with Crippen LogP contribution in [0.4, 0.5) is 0 Å². The molecule has 2 aliphatic heterocycles. The zero-order valence-electron chi connectivity index (χ0n) is 13.5. The van der Waals surface area contributed by atoms with Gasteiger partial charge in [-0.3, -0.25) is 0 Å². The summed E-state index contributed by atoms with van der Waals surface area (Å²) >= 11 is 0. The molecule has 1 aliphatic carbocycles. The fourth-order valence-electron chi connectivity index (χ4n) is 4.65. The lowest BCUT2D eigenvalue weighted by Gasteiger charge is -2.43. The number of nitrogens with one attached hydrogen (secondary N) is 1. The Morgan fingerprint density at radius 1 is 1.00 bits per heavy atom. The minimum absolute atomic E-state index is 0.760. The van der Waals surface area contributed by atoms with Crippen molar-refractivity contribution in [3.63, 3.8) is 0 Å². The second kappa shape index (κ2) is 6.76. The van der Waals surface area contributed by atoms with Crippen LogP contribution in [-0.2, 0) is 0 Å². The van der Waals surface area contributed by atoms with E-state index in [2.05, 4.69) is 29.2 Å². The quantitative estimate of drug-likeness (QED) is 0.855. The third-order valence-electron chi connectivity index (χ3n) is 5.93. The summed E-state index contributed by atoms with van der Waals surface area (Å²) in [4.78, 5) is 5.13. The molecule has 4 atom stereocenters. The SMILES string of the molecule is CN(C)C1CCCN(CC2CCC3CCCCC3N2)C1. The van der Waals surface area contributed by atoms with Crippen molar-refractivity contribution in [3.8, 4) is 0 Å². The van der Waals surface area contributed by atoms with E-state index in [4.69, 9.17) is 0 Å². The predicted octanol–water partition coefficient (Wildman–Crippen LogP) is 2.32. The fraction of sp³-hybridized carbons (Fsp3) is 1.00. The van der Waals surface area contributed by atoms with E-state index in [1.165, 1.54) is 71.0 Å². The molecule has 0 aromatic rings. The molecule has 0 aromatic carbocycles. The van der Waals surface area contributed by atoms with Gasteiger partial charge < -0.3 is 15.1 Å². The predicted molar refractivity (Wildman–Crippen MR) is 85.1 cm³/mol. The average molecular weight is 279 g/mol. The van der Waals surface area contributed by atoms with Crippen LogP contribution in [0.2, 0.25) is 0 Å². The maximum absolute atomic E-state index is 3.99. The second-order valence-corrected chi connectivity index (χ2v) is 7.61. The molecule has 3 aliphatic rings. The molecular weight excluding hydrogens is 246 g/mol. The second-order valence-electron chi connectivity index (χ2n) is 7.61. The van der Waals surface area contributed by atoms with E-state index in [1.54, 1.807) is 0 Å². The third-order valence-corrected chi connectivity index (χ3v) is 5.93. The minimum Gasteiger partial charge on any atom is -0.310 e. The molecule has 1 saturated carbocycles. The Bertz CT molecular complexity index is 305. The van der Waals surface area contributed by atoms with Gasteiger partial charge in [0.25, 0.3) is 0 Å². The van der Waals surface area contributed by atoms with Crippen LogP contribution in [-0.4, -0.2) is 61.7 Å². The molecule has 0 bridgehead atoms. The molecule has 3 rings (SSSR count). The number of piperidine rings is 2. The van der Waals surface area contributed by atoms with Gasteiger partial charge >= 0.3 is 0 Å². The smallest absolute Gasteiger partial charge is 0.0217 e. The van der Waals surface area contributed by atoms with E-state index in [9.17, 15) is 0 Å². The molecule has 0 aromatic heterocycles. The maximum atomic E-state index is 3.99. The Morgan fingerprint density at radius 2 is 1.85 bits per heavy atom. The zero-order valence-corrected chi connectivity index (χ0v) is 13.5. The Labute approximate surface area is 125 Å². The molecule has 0 spiro atoms. The van der Waals surface area contributed by atoms with Crippen LogP contribution in [0.5, 0.6) is 0 Å². The number of nitrogens with zero attached hydrogens (tertiary/aromatic N) is 2. The fourth-order valence-corrected chi connectivity index (χ4v) is 4.65. The van der Waals surface area contributed by atoms with Gasteiger partial charge in [-0.1, -0.05) is 12.8 Å². The monoisotopic (exact) mass is 279 g/mol. The topological polar surface area (TPSA) is 18.5 Å². The Hall–Kier alpha value is -0.120. The van der Waals surface area contributed by atoms with Gasteiger partial charge in [-0.25, -0.2) is 0 Å². The highest BCUT2D eigenvalue weighted by molar-refractivity contribution is 4.91. The summed E-state index contributed by atoms with van der Waals surface area (Å²) in [5.74, 6) is 0.996.